The molecule has 0 bridgehead atoms. The lowest BCUT2D eigenvalue weighted by atomic mass is 9.88. The van der Waals surface area contributed by atoms with E-state index in [1.165, 1.54) is 5.06 Å². The SMILES string of the molecule is C.C=C(Cl)C[C@@H]1NCCC[C@@H]1O.C=C(Cl)C[C@@H]1[C@H](C(=O)OCc2ccccc2)CCCN1O. The summed E-state index contributed by atoms with van der Waals surface area (Å²) in [6, 6.07) is 9.30. The summed E-state index contributed by atoms with van der Waals surface area (Å²) < 4.78 is 5.38. The molecule has 3 rings (SSSR count). The number of aliphatic hydroxyl groups is 1. The van der Waals surface area contributed by atoms with Gasteiger partial charge < -0.3 is 20.4 Å². The van der Waals surface area contributed by atoms with Crippen LogP contribution in [0.3, 0.4) is 0 Å². The fourth-order valence-corrected chi connectivity index (χ4v) is 4.33. The van der Waals surface area contributed by atoms with Crippen LogP contribution in [0.15, 0.2) is 53.6 Å². The van der Waals surface area contributed by atoms with Gasteiger partial charge in [-0.05, 0) is 37.8 Å². The molecule has 0 unspecified atom stereocenters. The van der Waals surface area contributed by atoms with E-state index in [4.69, 9.17) is 27.9 Å². The average Bonchev–Trinajstić information content (AvgIpc) is 2.76. The number of hydrogen-bond acceptors (Lipinski definition) is 6. The highest BCUT2D eigenvalue weighted by atomic mass is 35.5. The van der Waals surface area contributed by atoms with Gasteiger partial charge in [-0.3, -0.25) is 4.79 Å². The minimum absolute atomic E-state index is 0. The normalized spacial score (nSPS) is 25.1. The third-order valence-corrected chi connectivity index (χ3v) is 6.00. The zero-order valence-corrected chi connectivity index (χ0v) is 19.9. The molecule has 0 amide bonds. The van der Waals surface area contributed by atoms with Crippen LogP contribution in [0.4, 0.5) is 0 Å². The summed E-state index contributed by atoms with van der Waals surface area (Å²) in [6.45, 7) is 9.01. The smallest absolute Gasteiger partial charge is 0.310 e. The molecule has 0 aliphatic carbocycles. The van der Waals surface area contributed by atoms with Crippen molar-refractivity contribution in [1.29, 1.82) is 0 Å². The van der Waals surface area contributed by atoms with Crippen molar-refractivity contribution in [1.82, 2.24) is 10.4 Å². The van der Waals surface area contributed by atoms with E-state index in [1.807, 2.05) is 30.3 Å². The minimum Gasteiger partial charge on any atom is -0.461 e. The summed E-state index contributed by atoms with van der Waals surface area (Å²) in [5.41, 5.74) is 0.945. The summed E-state index contributed by atoms with van der Waals surface area (Å²) in [5.74, 6) is -0.663. The third-order valence-electron chi connectivity index (χ3n) is 5.70. The summed E-state index contributed by atoms with van der Waals surface area (Å²) in [5, 5.41) is 24.8. The molecule has 33 heavy (non-hydrogen) atoms. The van der Waals surface area contributed by atoms with Crippen molar-refractivity contribution in [3.05, 3.63) is 59.1 Å². The molecule has 2 saturated heterocycles. The number of halogens is 2. The number of esters is 1. The Morgan fingerprint density at radius 3 is 2.39 bits per heavy atom. The average molecular weight is 501 g/mol. The molecule has 0 saturated carbocycles. The molecule has 8 heteroatoms. The predicted molar refractivity (Wildman–Crippen MR) is 134 cm³/mol. The van der Waals surface area contributed by atoms with Crippen molar-refractivity contribution in [2.75, 3.05) is 13.1 Å². The number of nitrogens with one attached hydrogen (secondary N) is 1. The van der Waals surface area contributed by atoms with Gasteiger partial charge >= 0.3 is 5.97 Å². The van der Waals surface area contributed by atoms with Crippen molar-refractivity contribution in [3.8, 4) is 0 Å². The van der Waals surface area contributed by atoms with Gasteiger partial charge in [-0.15, -0.1) is 0 Å². The topological polar surface area (TPSA) is 82.0 Å². The summed E-state index contributed by atoms with van der Waals surface area (Å²) >= 11 is 11.5. The lowest BCUT2D eigenvalue weighted by Gasteiger charge is -2.36. The maximum atomic E-state index is 12.3. The quantitative estimate of drug-likeness (QED) is 0.445. The molecule has 1 aromatic rings. The fraction of sp³-hybridized carbons (Fsp3) is 0.560. The number of piperidine rings is 2. The Morgan fingerprint density at radius 1 is 1.12 bits per heavy atom. The molecule has 3 N–H and O–H groups in total. The maximum absolute atomic E-state index is 12.3. The van der Waals surface area contributed by atoms with E-state index in [9.17, 15) is 15.1 Å². The van der Waals surface area contributed by atoms with Crippen molar-refractivity contribution in [3.63, 3.8) is 0 Å². The second kappa shape index (κ2) is 15.5. The first kappa shape index (κ1) is 29.6. The van der Waals surface area contributed by atoms with Crippen molar-refractivity contribution in [2.45, 2.75) is 70.7 Å². The van der Waals surface area contributed by atoms with Gasteiger partial charge in [-0.1, -0.05) is 74.1 Å². The van der Waals surface area contributed by atoms with Crippen LogP contribution in [0, 0.1) is 5.92 Å². The van der Waals surface area contributed by atoms with E-state index in [0.29, 0.717) is 35.9 Å². The van der Waals surface area contributed by atoms with E-state index in [1.54, 1.807) is 0 Å². The molecular weight excluding hydrogens is 463 g/mol. The first-order chi connectivity index (χ1) is 15.3. The molecule has 4 atom stereocenters. The van der Waals surface area contributed by atoms with Gasteiger partial charge in [-0.25, -0.2) is 0 Å². The van der Waals surface area contributed by atoms with Crippen LogP contribution in [0.1, 0.15) is 51.5 Å². The molecule has 0 aromatic heterocycles. The Morgan fingerprint density at radius 2 is 1.79 bits per heavy atom. The largest absolute Gasteiger partial charge is 0.461 e. The minimum atomic E-state index is -0.372. The van der Waals surface area contributed by atoms with Crippen LogP contribution in [0.2, 0.25) is 0 Å². The second-order valence-electron chi connectivity index (χ2n) is 8.29. The first-order valence-corrected chi connectivity index (χ1v) is 11.8. The van der Waals surface area contributed by atoms with Crippen LogP contribution in [-0.2, 0) is 16.1 Å². The molecule has 0 spiro atoms. The van der Waals surface area contributed by atoms with Crippen molar-refractivity contribution in [2.24, 2.45) is 5.92 Å². The lowest BCUT2D eigenvalue weighted by molar-refractivity contribution is -0.181. The molecule has 2 fully saturated rings. The Hall–Kier alpha value is -1.41. The van der Waals surface area contributed by atoms with E-state index in [-0.39, 0.29) is 44.1 Å². The van der Waals surface area contributed by atoms with Gasteiger partial charge in [0.05, 0.1) is 18.1 Å². The van der Waals surface area contributed by atoms with Crippen LogP contribution >= 0.6 is 23.2 Å². The van der Waals surface area contributed by atoms with Crippen molar-refractivity contribution >= 4 is 29.2 Å². The van der Waals surface area contributed by atoms with E-state index in [2.05, 4.69) is 18.5 Å². The van der Waals surface area contributed by atoms with Gasteiger partial charge in [0, 0.05) is 35.5 Å². The summed E-state index contributed by atoms with van der Waals surface area (Å²) in [4.78, 5) is 12.3. The van der Waals surface area contributed by atoms with Crippen LogP contribution in [0.25, 0.3) is 0 Å². The second-order valence-corrected chi connectivity index (χ2v) is 9.35. The summed E-state index contributed by atoms with van der Waals surface area (Å²) in [6.07, 6.45) is 4.17. The van der Waals surface area contributed by atoms with E-state index < -0.39 is 0 Å². The van der Waals surface area contributed by atoms with Gasteiger partial charge in [0.1, 0.15) is 6.61 Å². The molecule has 6 nitrogen and oxygen atoms in total. The number of carbonyl (C=O) groups excluding carboxylic acids is 1. The van der Waals surface area contributed by atoms with Gasteiger partial charge in [0.15, 0.2) is 0 Å². The highest BCUT2D eigenvalue weighted by Crippen LogP contribution is 2.29. The third kappa shape index (κ3) is 10.6. The first-order valence-electron chi connectivity index (χ1n) is 11.0. The Balaban J connectivity index is 0.000000385. The fourth-order valence-electron chi connectivity index (χ4n) is 4.01. The lowest BCUT2D eigenvalue weighted by Crippen LogP contribution is -2.46. The zero-order chi connectivity index (χ0) is 23.5. The molecule has 2 aliphatic heterocycles. The maximum Gasteiger partial charge on any atom is 0.310 e. The Labute approximate surface area is 208 Å². The number of nitrogens with zero attached hydrogens (tertiary/aromatic N) is 1. The highest BCUT2D eigenvalue weighted by molar-refractivity contribution is 6.29. The van der Waals surface area contributed by atoms with Crippen LogP contribution in [-0.4, -0.2) is 52.6 Å². The Bertz CT molecular complexity index is 747. The van der Waals surface area contributed by atoms with Crippen LogP contribution in [0.5, 0.6) is 0 Å². The van der Waals surface area contributed by atoms with Crippen LogP contribution < -0.4 is 5.32 Å². The number of hydroxylamine groups is 2. The van der Waals surface area contributed by atoms with Gasteiger partial charge in [0.2, 0.25) is 0 Å². The van der Waals surface area contributed by atoms with Gasteiger partial charge in [0.25, 0.3) is 0 Å². The molecule has 2 heterocycles. The highest BCUT2D eigenvalue weighted by Gasteiger charge is 2.36. The predicted octanol–water partition coefficient (Wildman–Crippen LogP) is 5.22. The van der Waals surface area contributed by atoms with E-state index >= 15 is 0 Å². The molecule has 0 radical (unpaired) electrons. The Kier molecular flexibility index (Phi) is 13.9. The van der Waals surface area contributed by atoms with E-state index in [0.717, 1.165) is 31.4 Å². The number of aliphatic hydroxyl groups excluding tert-OH is 1. The molecular formula is C25H38Cl2N2O4. The molecule has 186 valence electrons. The number of hydrogen-bond donors (Lipinski definition) is 3. The number of carbonyl (C=O) groups is 1. The standard InChI is InChI=1S/C16H20ClNO3.C8H14ClNO.CH4/c1-12(17)10-15-14(8-5-9-18(15)20)16(19)21-11-13-6-3-2-4-7-13;1-6(9)5-7-8(11)3-2-4-10-7;/h2-4,6-7,14-15,20H,1,5,8-11H2;7-8,10-11H,1-5H2;1H4/t14-,15-;7-,8-;/m10./s1. The van der Waals surface area contributed by atoms with Crippen molar-refractivity contribution < 1.29 is 19.8 Å². The molecule has 2 aliphatic rings. The summed E-state index contributed by atoms with van der Waals surface area (Å²) in [7, 11) is 0. The number of rotatable bonds is 7. The zero-order valence-electron chi connectivity index (χ0n) is 18.4. The van der Waals surface area contributed by atoms with Gasteiger partial charge in [-0.2, -0.15) is 5.06 Å². The monoisotopic (exact) mass is 500 g/mol. The number of ether oxygens (including phenoxy) is 1. The molecule has 1 aromatic carbocycles. The number of benzene rings is 1.